The maximum absolute atomic E-state index is 5.77. The second-order valence-corrected chi connectivity index (χ2v) is 3.26. The summed E-state index contributed by atoms with van der Waals surface area (Å²) >= 11 is 0. The molecule has 1 fully saturated rings. The third-order valence-corrected chi connectivity index (χ3v) is 2.39. The zero-order valence-corrected chi connectivity index (χ0v) is 7.68. The number of hydrogen-bond acceptors (Lipinski definition) is 1. The minimum absolute atomic E-state index is 0.435. The van der Waals surface area contributed by atoms with Crippen molar-refractivity contribution in [2.75, 3.05) is 0 Å². The van der Waals surface area contributed by atoms with E-state index in [0.29, 0.717) is 6.04 Å². The summed E-state index contributed by atoms with van der Waals surface area (Å²) in [5, 5.41) is 0. The molecule has 1 atom stereocenters. The first-order valence-electron chi connectivity index (χ1n) is 4.56. The number of rotatable bonds is 1. The van der Waals surface area contributed by atoms with Crippen LogP contribution in [0.2, 0.25) is 0 Å². The third kappa shape index (κ3) is 4.20. The Morgan fingerprint density at radius 2 is 1.64 bits per heavy atom. The molecule has 0 bridgehead atoms. The third-order valence-electron chi connectivity index (χ3n) is 2.39. The summed E-state index contributed by atoms with van der Waals surface area (Å²) in [7, 11) is 0. The van der Waals surface area contributed by atoms with Crippen LogP contribution in [-0.4, -0.2) is 6.04 Å². The van der Waals surface area contributed by atoms with Gasteiger partial charge in [0.15, 0.2) is 0 Å². The molecule has 0 radical (unpaired) electrons. The molecule has 1 aliphatic rings. The highest BCUT2D eigenvalue weighted by Gasteiger charge is 2.16. The monoisotopic (exact) mass is 155 g/mol. The van der Waals surface area contributed by atoms with Crippen molar-refractivity contribution in [2.24, 2.45) is 11.7 Å². The Hall–Kier alpha value is -0.300. The zero-order valence-electron chi connectivity index (χ0n) is 7.68. The van der Waals surface area contributed by atoms with Gasteiger partial charge in [-0.15, -0.1) is 13.2 Å². The van der Waals surface area contributed by atoms with Gasteiger partial charge in [-0.05, 0) is 25.7 Å². The molecule has 1 unspecified atom stereocenters. The fraction of sp³-hybridized carbons (Fsp3) is 0.800. The van der Waals surface area contributed by atoms with Crippen molar-refractivity contribution in [3.05, 3.63) is 13.2 Å². The van der Waals surface area contributed by atoms with Gasteiger partial charge in [-0.2, -0.15) is 0 Å². The highest BCUT2D eigenvalue weighted by atomic mass is 14.6. The lowest BCUT2D eigenvalue weighted by Crippen LogP contribution is -2.27. The largest absolute Gasteiger partial charge is 0.328 e. The van der Waals surface area contributed by atoms with Crippen LogP contribution in [-0.2, 0) is 0 Å². The Kier molecular flexibility index (Phi) is 6.24. The van der Waals surface area contributed by atoms with Crippen LogP contribution in [0, 0.1) is 5.92 Å². The van der Waals surface area contributed by atoms with Crippen LogP contribution >= 0.6 is 0 Å². The van der Waals surface area contributed by atoms with Gasteiger partial charge in [0.05, 0.1) is 0 Å². The molecular weight excluding hydrogens is 134 g/mol. The second-order valence-electron chi connectivity index (χ2n) is 3.26. The van der Waals surface area contributed by atoms with Crippen LogP contribution in [0.25, 0.3) is 0 Å². The van der Waals surface area contributed by atoms with Gasteiger partial charge < -0.3 is 5.73 Å². The van der Waals surface area contributed by atoms with E-state index >= 15 is 0 Å². The van der Waals surface area contributed by atoms with Gasteiger partial charge in [0.2, 0.25) is 0 Å². The molecular formula is C10H21N. The minimum Gasteiger partial charge on any atom is -0.328 e. The van der Waals surface area contributed by atoms with Gasteiger partial charge in [-0.25, -0.2) is 0 Å². The molecule has 1 nitrogen and oxygen atoms in total. The maximum atomic E-state index is 5.77. The van der Waals surface area contributed by atoms with Crippen molar-refractivity contribution >= 4 is 0 Å². The first-order valence-corrected chi connectivity index (χ1v) is 4.56. The summed E-state index contributed by atoms with van der Waals surface area (Å²) < 4.78 is 0. The van der Waals surface area contributed by atoms with E-state index in [-0.39, 0.29) is 0 Å². The van der Waals surface area contributed by atoms with E-state index < -0.39 is 0 Å². The van der Waals surface area contributed by atoms with E-state index in [4.69, 9.17) is 5.73 Å². The van der Waals surface area contributed by atoms with Crippen LogP contribution in [0.3, 0.4) is 0 Å². The van der Waals surface area contributed by atoms with E-state index in [1.165, 1.54) is 32.1 Å². The lowest BCUT2D eigenvalue weighted by Gasteiger charge is -2.24. The molecule has 0 heterocycles. The highest BCUT2D eigenvalue weighted by Crippen LogP contribution is 2.25. The normalized spacial score (nSPS) is 21.6. The standard InChI is InChI=1S/C8H17N.C2H4/c1-7(9)8-5-3-2-4-6-8;1-2/h7-8H,2-6,9H2,1H3;1-2H2. The van der Waals surface area contributed by atoms with Gasteiger partial charge in [0.25, 0.3) is 0 Å². The van der Waals surface area contributed by atoms with Crippen molar-refractivity contribution in [1.82, 2.24) is 0 Å². The Bertz CT molecular complexity index is 82.9. The average Bonchev–Trinajstić information content (AvgIpc) is 2.10. The van der Waals surface area contributed by atoms with E-state index in [9.17, 15) is 0 Å². The van der Waals surface area contributed by atoms with E-state index in [1.807, 2.05) is 0 Å². The van der Waals surface area contributed by atoms with Crippen molar-refractivity contribution in [1.29, 1.82) is 0 Å². The van der Waals surface area contributed by atoms with Crippen LogP contribution < -0.4 is 5.73 Å². The van der Waals surface area contributed by atoms with Crippen molar-refractivity contribution < 1.29 is 0 Å². The quantitative estimate of drug-likeness (QED) is 0.579. The summed E-state index contributed by atoms with van der Waals surface area (Å²) in [5.41, 5.74) is 5.77. The van der Waals surface area contributed by atoms with Gasteiger partial charge in [-0.3, -0.25) is 0 Å². The first-order chi connectivity index (χ1) is 5.30. The lowest BCUT2D eigenvalue weighted by atomic mass is 9.85. The predicted octanol–water partition coefficient (Wildman–Crippen LogP) is 2.72. The number of nitrogens with two attached hydrogens (primary N) is 1. The Balaban J connectivity index is 0.000000461. The van der Waals surface area contributed by atoms with Crippen molar-refractivity contribution in [3.63, 3.8) is 0 Å². The lowest BCUT2D eigenvalue weighted by molar-refractivity contribution is 0.316. The molecule has 0 saturated heterocycles. The predicted molar refractivity (Wildman–Crippen MR) is 51.5 cm³/mol. The molecule has 0 aromatic carbocycles. The molecule has 2 N–H and O–H groups in total. The van der Waals surface area contributed by atoms with Gasteiger partial charge >= 0.3 is 0 Å². The second kappa shape index (κ2) is 6.41. The summed E-state index contributed by atoms with van der Waals surface area (Å²) in [4.78, 5) is 0. The van der Waals surface area contributed by atoms with Crippen molar-refractivity contribution in [3.8, 4) is 0 Å². The smallest absolute Gasteiger partial charge is 0.00387 e. The first kappa shape index (κ1) is 10.7. The van der Waals surface area contributed by atoms with Gasteiger partial charge in [0, 0.05) is 6.04 Å². The molecule has 0 spiro atoms. The topological polar surface area (TPSA) is 26.0 Å². The highest BCUT2D eigenvalue weighted by molar-refractivity contribution is 4.72. The van der Waals surface area contributed by atoms with Crippen molar-refractivity contribution in [2.45, 2.75) is 45.1 Å². The van der Waals surface area contributed by atoms with Crippen LogP contribution in [0.4, 0.5) is 0 Å². The Labute approximate surface area is 70.7 Å². The molecule has 1 heteroatoms. The molecule has 1 rings (SSSR count). The summed E-state index contributed by atoms with van der Waals surface area (Å²) in [6.45, 7) is 8.13. The SMILES string of the molecule is C=C.CC(N)C1CCCCC1. The fourth-order valence-corrected chi connectivity index (χ4v) is 1.66. The Morgan fingerprint density at radius 3 is 1.91 bits per heavy atom. The molecule has 1 aliphatic carbocycles. The number of hydrogen-bond donors (Lipinski definition) is 1. The summed E-state index contributed by atoms with van der Waals surface area (Å²) in [6.07, 6.45) is 7.00. The van der Waals surface area contributed by atoms with E-state index in [2.05, 4.69) is 20.1 Å². The molecule has 0 aliphatic heterocycles. The van der Waals surface area contributed by atoms with Crippen LogP contribution in [0.15, 0.2) is 13.2 Å². The van der Waals surface area contributed by atoms with Crippen LogP contribution in [0.5, 0.6) is 0 Å². The molecule has 66 valence electrons. The van der Waals surface area contributed by atoms with Gasteiger partial charge in [-0.1, -0.05) is 19.3 Å². The van der Waals surface area contributed by atoms with Crippen LogP contribution in [0.1, 0.15) is 39.0 Å². The summed E-state index contributed by atoms with van der Waals surface area (Å²) in [5.74, 6) is 0.832. The minimum atomic E-state index is 0.435. The van der Waals surface area contributed by atoms with E-state index in [1.54, 1.807) is 0 Å². The molecule has 0 aromatic rings. The molecule has 11 heavy (non-hydrogen) atoms. The molecule has 0 amide bonds. The van der Waals surface area contributed by atoms with E-state index in [0.717, 1.165) is 5.92 Å². The fourth-order valence-electron chi connectivity index (χ4n) is 1.66. The average molecular weight is 155 g/mol. The zero-order chi connectivity index (χ0) is 8.69. The molecule has 1 saturated carbocycles. The molecule has 0 aromatic heterocycles. The Morgan fingerprint density at radius 1 is 1.18 bits per heavy atom. The summed E-state index contributed by atoms with van der Waals surface area (Å²) in [6, 6.07) is 0.435. The maximum Gasteiger partial charge on any atom is 0.00387 e. The van der Waals surface area contributed by atoms with Gasteiger partial charge in [0.1, 0.15) is 0 Å².